The van der Waals surface area contributed by atoms with E-state index < -0.39 is 0 Å². The molecular formula is C32H38N4O3. The Hall–Kier alpha value is -3.68. The first-order valence-corrected chi connectivity index (χ1v) is 13.6. The molecule has 39 heavy (non-hydrogen) atoms. The van der Waals surface area contributed by atoms with Crippen molar-refractivity contribution in [1.29, 1.82) is 0 Å². The summed E-state index contributed by atoms with van der Waals surface area (Å²) in [5.74, 6) is 1.46. The zero-order valence-corrected chi connectivity index (χ0v) is 23.4. The van der Waals surface area contributed by atoms with Gasteiger partial charge in [-0.15, -0.1) is 0 Å². The highest BCUT2D eigenvalue weighted by molar-refractivity contribution is 6.03. The second-order valence-corrected chi connectivity index (χ2v) is 10.4. The average molecular weight is 527 g/mol. The second-order valence-electron chi connectivity index (χ2n) is 10.4. The normalized spacial score (nSPS) is 18.2. The number of amides is 1. The van der Waals surface area contributed by atoms with Crippen molar-refractivity contribution in [3.63, 3.8) is 0 Å². The minimum Gasteiger partial charge on any atom is -0.497 e. The maximum atomic E-state index is 13.8. The smallest absolute Gasteiger partial charge is 0.257 e. The van der Waals surface area contributed by atoms with E-state index in [1.54, 1.807) is 19.2 Å². The van der Waals surface area contributed by atoms with Crippen LogP contribution in [0.4, 0.5) is 0 Å². The minimum absolute atomic E-state index is 0.000200. The number of rotatable bonds is 8. The average Bonchev–Trinajstić information content (AvgIpc) is 3.41. The van der Waals surface area contributed by atoms with Gasteiger partial charge in [0.15, 0.2) is 0 Å². The van der Waals surface area contributed by atoms with Crippen LogP contribution < -0.4 is 9.47 Å². The van der Waals surface area contributed by atoms with Gasteiger partial charge in [-0.3, -0.25) is 14.6 Å². The number of piperazine rings is 1. The summed E-state index contributed by atoms with van der Waals surface area (Å²) < 4.78 is 11.2. The van der Waals surface area contributed by atoms with Gasteiger partial charge in [-0.25, -0.2) is 5.01 Å². The zero-order chi connectivity index (χ0) is 27.4. The monoisotopic (exact) mass is 526 g/mol. The molecule has 1 fully saturated rings. The fraction of sp³-hybridized carbons (Fsp3) is 0.375. The number of benzene rings is 3. The van der Waals surface area contributed by atoms with Crippen molar-refractivity contribution < 1.29 is 14.3 Å². The first-order chi connectivity index (χ1) is 18.9. The molecule has 1 atom stereocenters. The van der Waals surface area contributed by atoms with Crippen molar-refractivity contribution in [3.05, 3.63) is 94.5 Å². The third-order valence-electron chi connectivity index (χ3n) is 7.87. The van der Waals surface area contributed by atoms with Crippen molar-refractivity contribution in [3.8, 4) is 11.5 Å². The van der Waals surface area contributed by atoms with Gasteiger partial charge in [0.25, 0.3) is 5.91 Å². The Labute approximate surface area is 231 Å². The highest BCUT2D eigenvalue weighted by Crippen LogP contribution is 2.39. The highest BCUT2D eigenvalue weighted by atomic mass is 16.5. The lowest BCUT2D eigenvalue weighted by molar-refractivity contribution is -0.134. The van der Waals surface area contributed by atoms with Gasteiger partial charge < -0.3 is 9.47 Å². The Kier molecular flexibility index (Phi) is 8.29. The molecule has 0 radical (unpaired) electrons. The van der Waals surface area contributed by atoms with E-state index in [1.807, 2.05) is 24.3 Å². The Morgan fingerprint density at radius 3 is 2.31 bits per heavy atom. The van der Waals surface area contributed by atoms with Gasteiger partial charge in [-0.2, -0.15) is 5.10 Å². The van der Waals surface area contributed by atoms with E-state index >= 15 is 0 Å². The molecule has 0 spiro atoms. The predicted molar refractivity (Wildman–Crippen MR) is 154 cm³/mol. The van der Waals surface area contributed by atoms with E-state index in [-0.39, 0.29) is 11.9 Å². The van der Waals surface area contributed by atoms with E-state index in [4.69, 9.17) is 14.6 Å². The molecule has 1 saturated heterocycles. The number of hydrogen-bond acceptors (Lipinski definition) is 6. The molecule has 5 rings (SSSR count). The fourth-order valence-electron chi connectivity index (χ4n) is 5.39. The Morgan fingerprint density at radius 1 is 0.872 bits per heavy atom. The summed E-state index contributed by atoms with van der Waals surface area (Å²) in [7, 11) is 3.31. The SMILES string of the molecule is COc1ccc(OC)c([C@@H]2CC(c3ccc(C)c(C)c3)=NN2C(=O)CN2CCN(Cc3ccccc3)CC2)c1. The molecule has 1 amide bonds. The number of aryl methyl sites for hydroxylation is 2. The molecule has 7 nitrogen and oxygen atoms in total. The lowest BCUT2D eigenvalue weighted by Gasteiger charge is -2.35. The van der Waals surface area contributed by atoms with Crippen LogP contribution in [0.2, 0.25) is 0 Å². The molecule has 0 aliphatic carbocycles. The Bertz CT molecular complexity index is 1330. The highest BCUT2D eigenvalue weighted by Gasteiger charge is 2.36. The summed E-state index contributed by atoms with van der Waals surface area (Å²) >= 11 is 0. The van der Waals surface area contributed by atoms with Gasteiger partial charge in [0.2, 0.25) is 0 Å². The fourth-order valence-corrected chi connectivity index (χ4v) is 5.39. The molecule has 2 heterocycles. The molecular weight excluding hydrogens is 488 g/mol. The number of hydrogen-bond donors (Lipinski definition) is 0. The van der Waals surface area contributed by atoms with Crippen LogP contribution in [0.25, 0.3) is 0 Å². The molecule has 2 aliphatic heterocycles. The van der Waals surface area contributed by atoms with Crippen molar-refractivity contribution in [2.75, 3.05) is 46.9 Å². The summed E-state index contributed by atoms with van der Waals surface area (Å²) in [6.45, 7) is 9.08. The van der Waals surface area contributed by atoms with Crippen LogP contribution in [0.3, 0.4) is 0 Å². The van der Waals surface area contributed by atoms with Gasteiger partial charge in [0.1, 0.15) is 11.5 Å². The molecule has 0 N–H and O–H groups in total. The van der Waals surface area contributed by atoms with Crippen molar-refractivity contribution >= 4 is 11.6 Å². The van der Waals surface area contributed by atoms with E-state index in [2.05, 4.69) is 66.1 Å². The summed E-state index contributed by atoms with van der Waals surface area (Å²) in [5.41, 5.74) is 6.64. The van der Waals surface area contributed by atoms with Crippen molar-refractivity contribution in [2.45, 2.75) is 32.9 Å². The lowest BCUT2D eigenvalue weighted by Crippen LogP contribution is -2.49. The maximum absolute atomic E-state index is 13.8. The van der Waals surface area contributed by atoms with E-state index in [1.165, 1.54) is 16.7 Å². The Balaban J connectivity index is 1.34. The van der Waals surface area contributed by atoms with Gasteiger partial charge in [0.05, 0.1) is 32.5 Å². The van der Waals surface area contributed by atoms with E-state index in [9.17, 15) is 4.79 Å². The van der Waals surface area contributed by atoms with Crippen LogP contribution in [0, 0.1) is 13.8 Å². The number of nitrogens with zero attached hydrogens (tertiary/aromatic N) is 4. The van der Waals surface area contributed by atoms with Gasteiger partial charge in [0, 0.05) is 44.7 Å². The molecule has 2 aliphatic rings. The molecule has 3 aromatic carbocycles. The Morgan fingerprint density at radius 2 is 1.62 bits per heavy atom. The maximum Gasteiger partial charge on any atom is 0.257 e. The molecule has 3 aromatic rings. The quantitative estimate of drug-likeness (QED) is 0.422. The lowest BCUT2D eigenvalue weighted by atomic mass is 9.95. The number of carbonyl (C=O) groups excluding carboxylic acids is 1. The topological polar surface area (TPSA) is 57.6 Å². The summed E-state index contributed by atoms with van der Waals surface area (Å²) in [6, 6.07) is 22.4. The largest absolute Gasteiger partial charge is 0.497 e. The van der Waals surface area contributed by atoms with Crippen LogP contribution in [0.5, 0.6) is 11.5 Å². The van der Waals surface area contributed by atoms with Crippen LogP contribution in [0.15, 0.2) is 71.8 Å². The minimum atomic E-state index is -0.265. The van der Waals surface area contributed by atoms with Crippen LogP contribution >= 0.6 is 0 Å². The summed E-state index contributed by atoms with van der Waals surface area (Å²) in [5, 5.41) is 6.60. The van der Waals surface area contributed by atoms with Gasteiger partial charge >= 0.3 is 0 Å². The first-order valence-electron chi connectivity index (χ1n) is 13.6. The second kappa shape index (κ2) is 12.0. The van der Waals surface area contributed by atoms with Crippen molar-refractivity contribution in [1.82, 2.24) is 14.8 Å². The molecule has 0 saturated carbocycles. The van der Waals surface area contributed by atoms with E-state index in [0.717, 1.165) is 61.1 Å². The zero-order valence-electron chi connectivity index (χ0n) is 23.4. The number of methoxy groups -OCH3 is 2. The molecule has 0 aromatic heterocycles. The molecule has 204 valence electrons. The number of hydrazone groups is 1. The first kappa shape index (κ1) is 26.9. The van der Waals surface area contributed by atoms with E-state index in [0.29, 0.717) is 13.0 Å². The van der Waals surface area contributed by atoms with Gasteiger partial charge in [-0.05, 0) is 60.4 Å². The standard InChI is InChI=1S/C32H38N4O3/c1-23-10-11-26(18-24(23)2)29-20-30(28-19-27(38-3)12-13-31(28)39-4)36(33-29)32(37)22-35-16-14-34(15-17-35)21-25-8-6-5-7-9-25/h5-13,18-19,30H,14-17,20-22H2,1-4H3/t30-/m0/s1. The van der Waals surface area contributed by atoms with Gasteiger partial charge in [-0.1, -0.05) is 42.5 Å². The third-order valence-corrected chi connectivity index (χ3v) is 7.87. The summed E-state index contributed by atoms with van der Waals surface area (Å²) in [6.07, 6.45) is 0.614. The van der Waals surface area contributed by atoms with Crippen LogP contribution in [0.1, 0.15) is 40.3 Å². The summed E-state index contributed by atoms with van der Waals surface area (Å²) in [4.78, 5) is 18.5. The number of carbonyl (C=O) groups is 1. The van der Waals surface area contributed by atoms with Crippen molar-refractivity contribution in [2.24, 2.45) is 5.10 Å². The molecule has 7 heteroatoms. The predicted octanol–water partition coefficient (Wildman–Crippen LogP) is 4.82. The van der Waals surface area contributed by atoms with Crippen LogP contribution in [-0.2, 0) is 11.3 Å². The molecule has 0 bridgehead atoms. The molecule has 0 unspecified atom stereocenters. The van der Waals surface area contributed by atoms with Crippen LogP contribution in [-0.4, -0.2) is 73.4 Å². The third kappa shape index (κ3) is 6.15. The number of ether oxygens (including phenoxy) is 2.